The van der Waals surface area contributed by atoms with Crippen LogP contribution in [0.1, 0.15) is 77.3 Å². The molecule has 0 N–H and O–H groups in total. The molecule has 0 atom stereocenters. The average Bonchev–Trinajstić information content (AvgIpc) is 2.82. The molecule has 1 aromatic carbocycles. The molecule has 186 valence electrons. The Morgan fingerprint density at radius 2 is 1.65 bits per heavy atom. The molecule has 1 aromatic rings. The van der Waals surface area contributed by atoms with Gasteiger partial charge >= 0.3 is 0 Å². The van der Waals surface area contributed by atoms with E-state index in [2.05, 4.69) is 102 Å². The summed E-state index contributed by atoms with van der Waals surface area (Å²) in [7, 11) is 4.39. The lowest BCUT2D eigenvalue weighted by atomic mass is 9.90. The van der Waals surface area contributed by atoms with E-state index in [-0.39, 0.29) is 0 Å². The van der Waals surface area contributed by atoms with Gasteiger partial charge in [-0.3, -0.25) is 0 Å². The van der Waals surface area contributed by atoms with Gasteiger partial charge in [0.05, 0.1) is 0 Å². The Hall–Kier alpha value is -2.48. The van der Waals surface area contributed by atoms with Gasteiger partial charge in [0.1, 0.15) is 0 Å². The number of hydrogen-bond acceptors (Lipinski definition) is 2. The summed E-state index contributed by atoms with van der Waals surface area (Å²) in [6, 6.07) is 9.54. The van der Waals surface area contributed by atoms with Crippen LogP contribution in [-0.4, -0.2) is 36.5 Å². The summed E-state index contributed by atoms with van der Waals surface area (Å²) in [6.45, 7) is 22.7. The normalized spacial score (nSPS) is 15.7. The zero-order chi connectivity index (χ0) is 25.3. The molecule has 0 heterocycles. The Kier molecular flexibility index (Phi) is 11.0. The van der Waals surface area contributed by atoms with Gasteiger partial charge in [-0.1, -0.05) is 89.3 Å². The second kappa shape index (κ2) is 13.4. The molecule has 2 heteroatoms. The number of nitrogens with zero attached hydrogens (tertiary/aromatic N) is 2. The summed E-state index contributed by atoms with van der Waals surface area (Å²) in [5, 5.41) is 0. The Balaban J connectivity index is 2.12. The topological polar surface area (TPSA) is 6.48 Å². The lowest BCUT2D eigenvalue weighted by Crippen LogP contribution is -2.33. The first-order valence-electron chi connectivity index (χ1n) is 13.1. The van der Waals surface area contributed by atoms with Crippen LogP contribution in [0.5, 0.6) is 0 Å². The number of rotatable bonds is 12. The predicted molar refractivity (Wildman–Crippen MR) is 152 cm³/mol. The van der Waals surface area contributed by atoms with Crippen molar-refractivity contribution in [1.82, 2.24) is 9.80 Å². The molecule has 0 aromatic heterocycles. The van der Waals surface area contributed by atoms with Gasteiger partial charge in [0.25, 0.3) is 0 Å². The SMILES string of the molecule is C=C/C=C(C)\C(C(=C)CCc1ccc(C(=C)N(C)CC(C)C)cc1)=C(/C)N(C)C1CCCCC1. The predicted octanol–water partition coefficient (Wildman–Crippen LogP) is 8.40. The fourth-order valence-corrected chi connectivity index (χ4v) is 5.16. The van der Waals surface area contributed by atoms with Gasteiger partial charge in [0, 0.05) is 38.1 Å². The maximum absolute atomic E-state index is 4.54. The Labute approximate surface area is 210 Å². The van der Waals surface area contributed by atoms with Gasteiger partial charge in [0.15, 0.2) is 0 Å². The molecule has 2 nitrogen and oxygen atoms in total. The number of allylic oxidation sites excluding steroid dienone is 6. The summed E-state index contributed by atoms with van der Waals surface area (Å²) >= 11 is 0. The van der Waals surface area contributed by atoms with E-state index in [1.54, 1.807) is 0 Å². The van der Waals surface area contributed by atoms with Crippen molar-refractivity contribution in [3.05, 3.63) is 89.7 Å². The largest absolute Gasteiger partial charge is 0.375 e. The van der Waals surface area contributed by atoms with Crippen molar-refractivity contribution < 1.29 is 0 Å². The van der Waals surface area contributed by atoms with Gasteiger partial charge in [-0.2, -0.15) is 0 Å². The minimum atomic E-state index is 0.619. The third kappa shape index (κ3) is 7.79. The lowest BCUT2D eigenvalue weighted by Gasteiger charge is -2.35. The molecule has 0 aliphatic heterocycles. The first kappa shape index (κ1) is 27.8. The summed E-state index contributed by atoms with van der Waals surface area (Å²) < 4.78 is 0. The maximum Gasteiger partial charge on any atom is 0.0364 e. The summed E-state index contributed by atoms with van der Waals surface area (Å²) in [4.78, 5) is 4.76. The van der Waals surface area contributed by atoms with E-state index in [4.69, 9.17) is 0 Å². The molecular weight excluding hydrogens is 412 g/mol. The third-order valence-electron chi connectivity index (χ3n) is 7.23. The minimum absolute atomic E-state index is 0.619. The summed E-state index contributed by atoms with van der Waals surface area (Å²) in [6.07, 6.45) is 12.6. The van der Waals surface area contributed by atoms with Crippen LogP contribution in [0.3, 0.4) is 0 Å². The van der Waals surface area contributed by atoms with Crippen LogP contribution in [0.15, 0.2) is 78.6 Å². The van der Waals surface area contributed by atoms with Gasteiger partial charge in [-0.25, -0.2) is 0 Å². The zero-order valence-electron chi connectivity index (χ0n) is 22.8. The molecule has 1 saturated carbocycles. The van der Waals surface area contributed by atoms with Gasteiger partial charge < -0.3 is 9.80 Å². The highest BCUT2D eigenvalue weighted by molar-refractivity contribution is 5.61. The molecule has 1 aliphatic carbocycles. The van der Waals surface area contributed by atoms with E-state index >= 15 is 0 Å². The van der Waals surface area contributed by atoms with Crippen molar-refractivity contribution in [2.45, 2.75) is 78.7 Å². The van der Waals surface area contributed by atoms with E-state index in [9.17, 15) is 0 Å². The first-order chi connectivity index (χ1) is 16.1. The molecule has 1 fully saturated rings. The van der Waals surface area contributed by atoms with E-state index in [1.807, 2.05) is 6.08 Å². The van der Waals surface area contributed by atoms with Crippen LogP contribution < -0.4 is 0 Å². The smallest absolute Gasteiger partial charge is 0.0364 e. The molecule has 2 rings (SSSR count). The van der Waals surface area contributed by atoms with Crippen molar-refractivity contribution in [1.29, 1.82) is 0 Å². The maximum atomic E-state index is 4.54. The molecule has 0 radical (unpaired) electrons. The van der Waals surface area contributed by atoms with Gasteiger partial charge in [-0.05, 0) is 73.3 Å². The van der Waals surface area contributed by atoms with Crippen LogP contribution in [-0.2, 0) is 6.42 Å². The van der Waals surface area contributed by atoms with Crippen molar-refractivity contribution in [3.63, 3.8) is 0 Å². The van der Waals surface area contributed by atoms with E-state index in [0.717, 1.165) is 25.1 Å². The van der Waals surface area contributed by atoms with Crippen LogP contribution in [0.25, 0.3) is 5.70 Å². The third-order valence-corrected chi connectivity index (χ3v) is 7.23. The molecule has 0 saturated heterocycles. The van der Waals surface area contributed by atoms with Crippen LogP contribution in [0.4, 0.5) is 0 Å². The number of hydrogen-bond donors (Lipinski definition) is 0. The van der Waals surface area contributed by atoms with Crippen LogP contribution >= 0.6 is 0 Å². The van der Waals surface area contributed by atoms with Crippen LogP contribution in [0, 0.1) is 5.92 Å². The Morgan fingerprint density at radius 3 is 2.21 bits per heavy atom. The van der Waals surface area contributed by atoms with E-state index in [1.165, 1.54) is 65.6 Å². The second-order valence-corrected chi connectivity index (χ2v) is 10.5. The van der Waals surface area contributed by atoms with Gasteiger partial charge in [-0.15, -0.1) is 0 Å². The second-order valence-electron chi connectivity index (χ2n) is 10.5. The lowest BCUT2D eigenvalue weighted by molar-refractivity contribution is 0.235. The van der Waals surface area contributed by atoms with Crippen LogP contribution in [0.2, 0.25) is 0 Å². The summed E-state index contributed by atoms with van der Waals surface area (Å²) in [5.41, 5.74) is 8.72. The first-order valence-corrected chi connectivity index (χ1v) is 13.1. The van der Waals surface area contributed by atoms with E-state index in [0.29, 0.717) is 12.0 Å². The molecule has 34 heavy (non-hydrogen) atoms. The zero-order valence-corrected chi connectivity index (χ0v) is 22.8. The average molecular weight is 461 g/mol. The van der Waals surface area contributed by atoms with E-state index < -0.39 is 0 Å². The fourth-order valence-electron chi connectivity index (χ4n) is 5.16. The van der Waals surface area contributed by atoms with Crippen molar-refractivity contribution in [2.24, 2.45) is 5.92 Å². The summed E-state index contributed by atoms with van der Waals surface area (Å²) in [5.74, 6) is 0.619. The quantitative estimate of drug-likeness (QED) is 0.289. The molecular formula is C32H48N2. The molecule has 0 spiro atoms. The molecule has 1 aliphatic rings. The van der Waals surface area contributed by atoms with Crippen molar-refractivity contribution in [3.8, 4) is 0 Å². The Bertz CT molecular complexity index is 891. The number of aryl methyl sites for hydroxylation is 1. The van der Waals surface area contributed by atoms with Crippen molar-refractivity contribution >= 4 is 5.70 Å². The minimum Gasteiger partial charge on any atom is -0.375 e. The fraction of sp³-hybridized carbons (Fsp3) is 0.500. The highest BCUT2D eigenvalue weighted by atomic mass is 15.1. The highest BCUT2D eigenvalue weighted by Crippen LogP contribution is 2.31. The molecule has 0 unspecified atom stereocenters. The van der Waals surface area contributed by atoms with Crippen molar-refractivity contribution in [2.75, 3.05) is 20.6 Å². The highest BCUT2D eigenvalue weighted by Gasteiger charge is 2.21. The van der Waals surface area contributed by atoms with Gasteiger partial charge in [0.2, 0.25) is 0 Å². The monoisotopic (exact) mass is 460 g/mol. The molecule has 0 bridgehead atoms. The Morgan fingerprint density at radius 1 is 1.03 bits per heavy atom. The standard InChI is InChI=1S/C32H48N2/c1-10-14-25(4)32(28(7)34(9)31-15-12-11-13-16-31)26(5)17-18-29-19-21-30(22-20-29)27(6)33(8)23-24(2)3/h10,14,19-22,24,31H,1,5-6,11-13,15-18,23H2,2-4,7-9H3/b25-14-,32-28-. The molecule has 0 amide bonds. The number of benzene rings is 1.